The molecule has 0 amide bonds. The highest BCUT2D eigenvalue weighted by molar-refractivity contribution is 5.12. The Labute approximate surface area is 98.2 Å². The van der Waals surface area contributed by atoms with Crippen molar-refractivity contribution in [3.05, 3.63) is 0 Å². The quantitative estimate of drug-likeness (QED) is 0.688. The molecule has 5 saturated carbocycles. The second kappa shape index (κ2) is 3.03. The van der Waals surface area contributed by atoms with Gasteiger partial charge in [-0.15, -0.1) is 0 Å². The van der Waals surface area contributed by atoms with E-state index in [-0.39, 0.29) is 0 Å². The molecule has 0 aromatic carbocycles. The van der Waals surface area contributed by atoms with E-state index in [4.69, 9.17) is 0 Å². The van der Waals surface area contributed by atoms with Crippen LogP contribution in [0.3, 0.4) is 0 Å². The van der Waals surface area contributed by atoms with Gasteiger partial charge in [-0.1, -0.05) is 0 Å². The first-order valence-corrected chi connectivity index (χ1v) is 7.19. The lowest BCUT2D eigenvalue weighted by Gasteiger charge is -2.58. The number of hydrogen-bond acceptors (Lipinski definition) is 1. The molecule has 5 aliphatic carbocycles. The normalized spacial score (nSPS) is 51.3. The van der Waals surface area contributed by atoms with Crippen LogP contribution in [0.1, 0.15) is 51.4 Å². The molecule has 5 fully saturated rings. The lowest BCUT2D eigenvalue weighted by Crippen LogP contribution is -2.49. The second-order valence-corrected chi connectivity index (χ2v) is 7.22. The van der Waals surface area contributed by atoms with Crippen molar-refractivity contribution in [1.82, 2.24) is 0 Å². The van der Waals surface area contributed by atoms with Crippen molar-refractivity contribution in [1.29, 1.82) is 5.26 Å². The van der Waals surface area contributed by atoms with Gasteiger partial charge in [0.15, 0.2) is 0 Å². The van der Waals surface area contributed by atoms with E-state index in [2.05, 4.69) is 6.07 Å². The molecule has 0 heterocycles. The Kier molecular flexibility index (Phi) is 1.80. The molecule has 0 aromatic heterocycles. The average molecular weight is 215 g/mol. The Balaban J connectivity index is 1.68. The predicted molar refractivity (Wildman–Crippen MR) is 62.4 cm³/mol. The minimum Gasteiger partial charge on any atom is -0.198 e. The fraction of sp³-hybridized carbons (Fsp3) is 0.933. The van der Waals surface area contributed by atoms with Crippen LogP contribution in [0, 0.1) is 46.3 Å². The molecule has 86 valence electrons. The van der Waals surface area contributed by atoms with E-state index in [1.807, 2.05) is 0 Å². The summed E-state index contributed by atoms with van der Waals surface area (Å²) in [6.07, 6.45) is 11.4. The molecular weight excluding hydrogens is 194 g/mol. The van der Waals surface area contributed by atoms with Gasteiger partial charge in [-0.05, 0) is 80.5 Å². The third kappa shape index (κ3) is 1.22. The SMILES string of the molecule is N#CC(C1CC1)C12CC3CC(CC(C3)C1)C2. The summed E-state index contributed by atoms with van der Waals surface area (Å²) in [6.45, 7) is 0. The Hall–Kier alpha value is -0.510. The zero-order chi connectivity index (χ0) is 10.8. The maximum Gasteiger partial charge on any atom is 0.0664 e. The van der Waals surface area contributed by atoms with Crippen molar-refractivity contribution in [2.75, 3.05) is 0 Å². The molecular formula is C15H21N. The third-order valence-corrected chi connectivity index (χ3v) is 5.98. The molecule has 0 spiro atoms. The van der Waals surface area contributed by atoms with Crippen LogP contribution in [-0.2, 0) is 0 Å². The van der Waals surface area contributed by atoms with Crippen LogP contribution in [0.25, 0.3) is 0 Å². The summed E-state index contributed by atoms with van der Waals surface area (Å²) in [7, 11) is 0. The third-order valence-electron chi connectivity index (χ3n) is 5.98. The summed E-state index contributed by atoms with van der Waals surface area (Å²) in [5.41, 5.74) is 0.491. The monoisotopic (exact) mass is 215 g/mol. The molecule has 0 saturated heterocycles. The van der Waals surface area contributed by atoms with Crippen LogP contribution >= 0.6 is 0 Å². The van der Waals surface area contributed by atoms with Gasteiger partial charge in [-0.3, -0.25) is 0 Å². The molecule has 0 aliphatic heterocycles. The van der Waals surface area contributed by atoms with E-state index in [0.29, 0.717) is 11.3 Å². The predicted octanol–water partition coefficient (Wildman–Crippen LogP) is 3.75. The molecule has 1 heteroatoms. The zero-order valence-electron chi connectivity index (χ0n) is 9.99. The molecule has 5 aliphatic rings. The van der Waals surface area contributed by atoms with Crippen molar-refractivity contribution in [3.63, 3.8) is 0 Å². The van der Waals surface area contributed by atoms with Gasteiger partial charge in [0.05, 0.1) is 12.0 Å². The van der Waals surface area contributed by atoms with E-state index < -0.39 is 0 Å². The highest BCUT2D eigenvalue weighted by Gasteiger charge is 2.57. The van der Waals surface area contributed by atoms with Gasteiger partial charge in [0.1, 0.15) is 0 Å². The summed E-state index contributed by atoms with van der Waals surface area (Å²) in [5, 5.41) is 9.55. The van der Waals surface area contributed by atoms with E-state index in [9.17, 15) is 5.26 Å². The highest BCUT2D eigenvalue weighted by Crippen LogP contribution is 2.65. The second-order valence-electron chi connectivity index (χ2n) is 7.22. The first-order valence-electron chi connectivity index (χ1n) is 7.19. The summed E-state index contributed by atoms with van der Waals surface area (Å²) >= 11 is 0. The summed E-state index contributed by atoms with van der Waals surface area (Å²) in [4.78, 5) is 0. The minimum atomic E-state index is 0.431. The number of nitriles is 1. The topological polar surface area (TPSA) is 23.8 Å². The van der Waals surface area contributed by atoms with Crippen LogP contribution in [-0.4, -0.2) is 0 Å². The number of rotatable bonds is 2. The molecule has 16 heavy (non-hydrogen) atoms. The van der Waals surface area contributed by atoms with Crippen LogP contribution in [0.4, 0.5) is 0 Å². The molecule has 4 bridgehead atoms. The van der Waals surface area contributed by atoms with Gasteiger partial charge >= 0.3 is 0 Å². The zero-order valence-corrected chi connectivity index (χ0v) is 9.99. The molecule has 1 unspecified atom stereocenters. The van der Waals surface area contributed by atoms with E-state index in [0.717, 1.165) is 23.7 Å². The Morgan fingerprint density at radius 3 is 1.81 bits per heavy atom. The summed E-state index contributed by atoms with van der Waals surface area (Å²) in [5.74, 6) is 4.23. The van der Waals surface area contributed by atoms with E-state index >= 15 is 0 Å². The smallest absolute Gasteiger partial charge is 0.0664 e. The van der Waals surface area contributed by atoms with Gasteiger partial charge in [-0.2, -0.15) is 5.26 Å². The summed E-state index contributed by atoms with van der Waals surface area (Å²) < 4.78 is 0. The van der Waals surface area contributed by atoms with Crippen LogP contribution in [0.2, 0.25) is 0 Å². The van der Waals surface area contributed by atoms with Crippen molar-refractivity contribution in [3.8, 4) is 6.07 Å². The van der Waals surface area contributed by atoms with Gasteiger partial charge < -0.3 is 0 Å². The van der Waals surface area contributed by atoms with E-state index in [1.165, 1.54) is 51.4 Å². The Morgan fingerprint density at radius 2 is 1.44 bits per heavy atom. The Bertz CT molecular complexity index is 312. The first kappa shape index (κ1) is 9.51. The van der Waals surface area contributed by atoms with E-state index in [1.54, 1.807) is 0 Å². The van der Waals surface area contributed by atoms with Gasteiger partial charge in [-0.25, -0.2) is 0 Å². The Morgan fingerprint density at radius 1 is 0.938 bits per heavy atom. The summed E-state index contributed by atoms with van der Waals surface area (Å²) in [6, 6.07) is 2.72. The van der Waals surface area contributed by atoms with Crippen molar-refractivity contribution in [2.45, 2.75) is 51.4 Å². The molecule has 1 nitrogen and oxygen atoms in total. The maximum atomic E-state index is 9.55. The van der Waals surface area contributed by atoms with Crippen LogP contribution in [0.5, 0.6) is 0 Å². The lowest BCUT2D eigenvalue weighted by atomic mass is 9.46. The largest absolute Gasteiger partial charge is 0.198 e. The fourth-order valence-corrected chi connectivity index (χ4v) is 5.73. The van der Waals surface area contributed by atoms with Crippen molar-refractivity contribution in [2.24, 2.45) is 35.0 Å². The van der Waals surface area contributed by atoms with Crippen molar-refractivity contribution >= 4 is 0 Å². The molecule has 0 radical (unpaired) electrons. The van der Waals surface area contributed by atoms with Crippen molar-refractivity contribution < 1.29 is 0 Å². The van der Waals surface area contributed by atoms with Crippen LogP contribution in [0.15, 0.2) is 0 Å². The van der Waals surface area contributed by atoms with Crippen LogP contribution < -0.4 is 0 Å². The average Bonchev–Trinajstić information content (AvgIpc) is 3.00. The lowest BCUT2D eigenvalue weighted by molar-refractivity contribution is -0.0789. The number of hydrogen-bond donors (Lipinski definition) is 0. The van der Waals surface area contributed by atoms with Gasteiger partial charge in [0.25, 0.3) is 0 Å². The van der Waals surface area contributed by atoms with Gasteiger partial charge in [0, 0.05) is 0 Å². The molecule has 0 N–H and O–H groups in total. The first-order chi connectivity index (χ1) is 7.79. The minimum absolute atomic E-state index is 0.431. The number of nitrogens with zero attached hydrogens (tertiary/aromatic N) is 1. The highest BCUT2D eigenvalue weighted by atomic mass is 14.6. The molecule has 1 atom stereocenters. The molecule has 0 aromatic rings. The maximum absolute atomic E-state index is 9.55. The fourth-order valence-electron chi connectivity index (χ4n) is 5.73. The molecule has 5 rings (SSSR count). The van der Waals surface area contributed by atoms with Gasteiger partial charge in [0.2, 0.25) is 0 Å². The standard InChI is InChI=1S/C15H21N/c16-9-14(13-1-2-13)15-6-10-3-11(7-15)5-12(4-10)8-15/h10-14H,1-8H2.